The Bertz CT molecular complexity index is 1370. The number of nitro groups is 1. The number of benzene rings is 1. The zero-order chi connectivity index (χ0) is 32.0. The average molecular weight is 629 g/mol. The number of esters is 1. The Morgan fingerprint density at radius 1 is 1.05 bits per heavy atom. The van der Waals surface area contributed by atoms with Gasteiger partial charge in [0.2, 0.25) is 10.0 Å². The number of nitrogens with one attached hydrogen (secondary N) is 1. The summed E-state index contributed by atoms with van der Waals surface area (Å²) in [7, 11) is -3.94. The summed E-state index contributed by atoms with van der Waals surface area (Å²) >= 11 is 0. The van der Waals surface area contributed by atoms with Crippen molar-refractivity contribution in [3.8, 4) is 0 Å². The van der Waals surface area contributed by atoms with Crippen molar-refractivity contribution in [1.82, 2.24) is 4.72 Å². The number of hydrogen-bond donors (Lipinski definition) is 1. The van der Waals surface area contributed by atoms with E-state index in [1.165, 1.54) is 62.4 Å². The number of non-ortho nitro benzene ring substituents is 1. The second-order valence-electron chi connectivity index (χ2n) is 15.3. The molecule has 3 saturated carbocycles. The predicted octanol–water partition coefficient (Wildman–Crippen LogP) is 7.82. The molecule has 5 rings (SSSR count). The Morgan fingerprint density at radius 3 is 2.39 bits per heavy atom. The van der Waals surface area contributed by atoms with Crippen molar-refractivity contribution < 1.29 is 22.9 Å². The SMILES string of the molecule is CC(=O)O[C@H]1CC[C@@]2(C)C(=C[C@@H](NS(=O)(=O)c3ccc([N+](=O)[O-])cc3)[C@H]3[C@@H]4CC[C@H]([C@H](C)CCCC(C)C)[C@@]4(C)CC[C@@H]32)C1. The van der Waals surface area contributed by atoms with E-state index in [0.717, 1.165) is 32.1 Å². The van der Waals surface area contributed by atoms with E-state index < -0.39 is 14.9 Å². The maximum atomic E-state index is 13.8. The smallest absolute Gasteiger partial charge is 0.302 e. The van der Waals surface area contributed by atoms with Gasteiger partial charge in [-0.3, -0.25) is 14.9 Å². The maximum Gasteiger partial charge on any atom is 0.302 e. The standard InChI is InChI=1S/C35H52N2O6S/c1-22(2)8-7-9-23(3)29-14-15-30-33-31(17-19-35(29,30)6)34(5)18-16-27(43-24(4)38)20-25(34)21-32(33)36-44(41,42)28-12-10-26(11-13-28)37(39)40/h10-13,21-23,27,29-33,36H,7-9,14-20H2,1-6H3/t23-,27+,29-,30+,31+,32-,33+,34+,35-/m1/s1. The van der Waals surface area contributed by atoms with Gasteiger partial charge in [-0.1, -0.05) is 65.5 Å². The van der Waals surface area contributed by atoms with E-state index in [9.17, 15) is 23.3 Å². The molecule has 1 N–H and O–H groups in total. The van der Waals surface area contributed by atoms with Crippen LogP contribution in [0.25, 0.3) is 0 Å². The number of nitro benzene ring substituents is 1. The van der Waals surface area contributed by atoms with Crippen molar-refractivity contribution in [2.45, 2.75) is 123 Å². The lowest BCUT2D eigenvalue weighted by molar-refractivity contribution is -0.384. The first-order chi connectivity index (χ1) is 20.7. The molecular formula is C35H52N2O6S. The Balaban J connectivity index is 1.49. The highest BCUT2D eigenvalue weighted by Gasteiger charge is 2.61. The molecule has 1 aromatic carbocycles. The fraction of sp³-hybridized carbons (Fsp3) is 0.743. The van der Waals surface area contributed by atoms with Crippen LogP contribution in [-0.4, -0.2) is 31.5 Å². The van der Waals surface area contributed by atoms with Gasteiger partial charge in [0.25, 0.3) is 5.69 Å². The van der Waals surface area contributed by atoms with Gasteiger partial charge in [0.05, 0.1) is 9.82 Å². The summed E-state index contributed by atoms with van der Waals surface area (Å²) in [6.45, 7) is 13.3. The van der Waals surface area contributed by atoms with Crippen LogP contribution in [0.1, 0.15) is 106 Å². The molecule has 4 aliphatic carbocycles. The number of carbonyl (C=O) groups excluding carboxylic acids is 1. The van der Waals surface area contributed by atoms with Crippen molar-refractivity contribution in [2.24, 2.45) is 46.3 Å². The summed E-state index contributed by atoms with van der Waals surface area (Å²) in [6.07, 6.45) is 12.7. The minimum absolute atomic E-state index is 0.0365. The summed E-state index contributed by atoms with van der Waals surface area (Å²) in [4.78, 5) is 22.5. The van der Waals surface area contributed by atoms with Gasteiger partial charge in [-0.15, -0.1) is 0 Å². The monoisotopic (exact) mass is 628 g/mol. The van der Waals surface area contributed by atoms with Crippen LogP contribution < -0.4 is 4.72 Å². The van der Waals surface area contributed by atoms with Crippen LogP contribution in [0.3, 0.4) is 0 Å². The van der Waals surface area contributed by atoms with Gasteiger partial charge in [-0.05, 0) is 97.0 Å². The van der Waals surface area contributed by atoms with E-state index in [2.05, 4.69) is 45.4 Å². The molecule has 0 aliphatic heterocycles. The molecule has 44 heavy (non-hydrogen) atoms. The minimum Gasteiger partial charge on any atom is -0.462 e. The highest BCUT2D eigenvalue weighted by Crippen LogP contribution is 2.67. The number of nitrogens with zero attached hydrogens (tertiary/aromatic N) is 1. The molecule has 244 valence electrons. The molecule has 0 heterocycles. The minimum atomic E-state index is -3.94. The quantitative estimate of drug-likeness (QED) is 0.122. The lowest BCUT2D eigenvalue weighted by Gasteiger charge is -2.60. The van der Waals surface area contributed by atoms with Crippen molar-refractivity contribution in [2.75, 3.05) is 0 Å². The van der Waals surface area contributed by atoms with E-state index in [-0.39, 0.29) is 45.4 Å². The van der Waals surface area contributed by atoms with Crippen LogP contribution >= 0.6 is 0 Å². The predicted molar refractivity (Wildman–Crippen MR) is 171 cm³/mol. The topological polar surface area (TPSA) is 116 Å². The summed E-state index contributed by atoms with van der Waals surface area (Å²) in [5.74, 6) is 2.60. The lowest BCUT2D eigenvalue weighted by atomic mass is 9.46. The van der Waals surface area contributed by atoms with Crippen LogP contribution in [-0.2, 0) is 19.6 Å². The summed E-state index contributed by atoms with van der Waals surface area (Å²) in [6, 6.07) is 4.76. The number of rotatable bonds is 10. The molecule has 0 spiro atoms. The lowest BCUT2D eigenvalue weighted by Crippen LogP contribution is -2.58. The van der Waals surface area contributed by atoms with Gasteiger partial charge in [0.15, 0.2) is 0 Å². The zero-order valence-corrected chi connectivity index (χ0v) is 28.2. The van der Waals surface area contributed by atoms with Gasteiger partial charge in [-0.25, -0.2) is 13.1 Å². The van der Waals surface area contributed by atoms with Crippen molar-refractivity contribution in [1.29, 1.82) is 0 Å². The van der Waals surface area contributed by atoms with Gasteiger partial charge < -0.3 is 4.74 Å². The Morgan fingerprint density at radius 2 is 1.75 bits per heavy atom. The van der Waals surface area contributed by atoms with Crippen LogP contribution in [0.2, 0.25) is 0 Å². The molecule has 0 radical (unpaired) electrons. The molecule has 1 aromatic rings. The number of sulfonamides is 1. The molecule has 8 nitrogen and oxygen atoms in total. The maximum absolute atomic E-state index is 13.8. The van der Waals surface area contributed by atoms with E-state index in [1.807, 2.05) is 0 Å². The average Bonchev–Trinajstić information content (AvgIpc) is 3.30. The highest BCUT2D eigenvalue weighted by atomic mass is 32.2. The van der Waals surface area contributed by atoms with Crippen molar-refractivity contribution in [3.05, 3.63) is 46.0 Å². The molecule has 0 unspecified atom stereocenters. The normalized spacial score (nSPS) is 35.7. The molecule has 0 amide bonds. The van der Waals surface area contributed by atoms with Crippen LogP contribution in [0.5, 0.6) is 0 Å². The second-order valence-corrected chi connectivity index (χ2v) is 17.0. The third kappa shape index (κ3) is 6.24. The van der Waals surface area contributed by atoms with Gasteiger partial charge in [0.1, 0.15) is 6.10 Å². The number of ether oxygens (including phenoxy) is 1. The van der Waals surface area contributed by atoms with Crippen molar-refractivity contribution >= 4 is 21.7 Å². The van der Waals surface area contributed by atoms with Gasteiger partial charge >= 0.3 is 5.97 Å². The summed E-state index contributed by atoms with van der Waals surface area (Å²) in [5, 5.41) is 11.2. The third-order valence-corrected chi connectivity index (χ3v) is 13.8. The second kappa shape index (κ2) is 12.5. The fourth-order valence-corrected chi connectivity index (χ4v) is 11.3. The van der Waals surface area contributed by atoms with Crippen LogP contribution in [0.15, 0.2) is 40.8 Å². The highest BCUT2D eigenvalue weighted by molar-refractivity contribution is 7.89. The van der Waals surface area contributed by atoms with Crippen molar-refractivity contribution in [3.63, 3.8) is 0 Å². The Labute approximate surface area is 264 Å². The van der Waals surface area contributed by atoms with Gasteiger partial charge in [-0.2, -0.15) is 0 Å². The van der Waals surface area contributed by atoms with E-state index in [4.69, 9.17) is 4.74 Å². The van der Waals surface area contributed by atoms with E-state index in [1.54, 1.807) is 0 Å². The molecular weight excluding hydrogens is 576 g/mol. The number of fused-ring (bicyclic) bond motifs is 5. The number of carbonyl (C=O) groups is 1. The fourth-order valence-electron chi connectivity index (χ4n) is 10.1. The first kappa shape index (κ1) is 33.1. The Hall–Kier alpha value is -2.26. The first-order valence-corrected chi connectivity index (χ1v) is 18.3. The molecule has 3 fully saturated rings. The third-order valence-electron chi connectivity index (χ3n) is 12.3. The molecule has 0 saturated heterocycles. The van der Waals surface area contributed by atoms with Crippen LogP contribution in [0.4, 0.5) is 5.69 Å². The van der Waals surface area contributed by atoms with Crippen LogP contribution in [0, 0.1) is 56.5 Å². The molecule has 0 bridgehead atoms. The Kier molecular flexibility index (Phi) is 9.41. The first-order valence-electron chi connectivity index (χ1n) is 16.8. The molecule has 9 atom stereocenters. The summed E-state index contributed by atoms with van der Waals surface area (Å²) < 4.78 is 36.4. The molecule has 9 heteroatoms. The number of hydrogen-bond acceptors (Lipinski definition) is 6. The molecule has 4 aliphatic rings. The van der Waals surface area contributed by atoms with Gasteiger partial charge in [0, 0.05) is 31.5 Å². The zero-order valence-electron chi connectivity index (χ0n) is 27.4. The van der Waals surface area contributed by atoms with E-state index >= 15 is 0 Å². The van der Waals surface area contributed by atoms with E-state index in [0.29, 0.717) is 36.0 Å². The molecule has 0 aromatic heterocycles. The summed E-state index contributed by atoms with van der Waals surface area (Å²) in [5.41, 5.74) is 1.17. The largest absolute Gasteiger partial charge is 0.462 e.